The van der Waals surface area contributed by atoms with Gasteiger partial charge in [-0.2, -0.15) is 0 Å². The van der Waals surface area contributed by atoms with Crippen LogP contribution in [0, 0.1) is 0 Å². The Kier molecular flexibility index (Phi) is 72.1. The van der Waals surface area contributed by atoms with Crippen molar-refractivity contribution >= 4 is 34.0 Å². The molecular formula is C3H14Br2N2O. The van der Waals surface area contributed by atoms with E-state index in [2.05, 4.69) is 0 Å². The number of rotatable bonds is 2. The van der Waals surface area contributed by atoms with Crippen LogP contribution in [0.25, 0.3) is 0 Å². The summed E-state index contributed by atoms with van der Waals surface area (Å²) in [4.78, 5) is 0. The summed E-state index contributed by atoms with van der Waals surface area (Å²) < 4.78 is 0. The molecule has 0 aromatic carbocycles. The molecular weight excluding hydrogens is 240 g/mol. The molecule has 0 aliphatic heterocycles. The number of aliphatic hydroxyl groups excluding tert-OH is 1. The molecule has 0 heterocycles. The van der Waals surface area contributed by atoms with E-state index < -0.39 is 0 Å². The molecule has 8 heavy (non-hydrogen) atoms. The molecule has 0 aromatic heterocycles. The zero-order valence-corrected chi connectivity index (χ0v) is 8.10. The van der Waals surface area contributed by atoms with Crippen LogP contribution in [0.15, 0.2) is 0 Å². The molecule has 0 rings (SSSR count). The monoisotopic (exact) mass is 252 g/mol. The highest BCUT2D eigenvalue weighted by Crippen LogP contribution is 1.62. The molecule has 56 valence electrons. The molecule has 3 nitrogen and oxygen atoms in total. The van der Waals surface area contributed by atoms with Gasteiger partial charge < -0.3 is 17.0 Å². The van der Waals surface area contributed by atoms with E-state index in [0.29, 0.717) is 6.54 Å². The summed E-state index contributed by atoms with van der Waals surface area (Å²) in [6.45, 7) is 0.812. The number of hydrogen-bond donors (Lipinski definition) is 3. The van der Waals surface area contributed by atoms with Crippen molar-refractivity contribution in [1.29, 1.82) is 0 Å². The lowest BCUT2D eigenvalue weighted by atomic mass is 10.5. The molecule has 0 radical (unpaired) electrons. The third kappa shape index (κ3) is 28.9. The van der Waals surface area contributed by atoms with Crippen molar-refractivity contribution in [3.8, 4) is 0 Å². The second-order valence-electron chi connectivity index (χ2n) is 0.866. The zero-order valence-electron chi connectivity index (χ0n) is 4.67. The van der Waals surface area contributed by atoms with Gasteiger partial charge in [-0.1, -0.05) is 0 Å². The summed E-state index contributed by atoms with van der Waals surface area (Å²) in [5, 5.41) is 7.99. The number of hydrogen-bond acceptors (Lipinski definition) is 3. The fraction of sp³-hybridized carbons (Fsp3) is 1.00. The first-order valence-electron chi connectivity index (χ1n) is 1.72. The van der Waals surface area contributed by atoms with Gasteiger partial charge in [0.25, 0.3) is 0 Å². The van der Waals surface area contributed by atoms with Crippen LogP contribution in [0.1, 0.15) is 6.42 Å². The molecule has 0 aliphatic rings. The molecule has 0 unspecified atom stereocenters. The van der Waals surface area contributed by atoms with Gasteiger partial charge in [-0.05, 0) is 13.0 Å². The lowest BCUT2D eigenvalue weighted by Crippen LogP contribution is -1.99. The molecule has 5 heteroatoms. The molecule has 0 saturated heterocycles. The first kappa shape index (κ1) is 23.2. The molecule has 0 spiro atoms. The lowest BCUT2D eigenvalue weighted by molar-refractivity contribution is 0.291. The maximum atomic E-state index is 7.99. The molecule has 0 atom stereocenters. The Morgan fingerprint density at radius 1 is 1.25 bits per heavy atom. The van der Waals surface area contributed by atoms with E-state index >= 15 is 0 Å². The topological polar surface area (TPSA) is 81.2 Å². The summed E-state index contributed by atoms with van der Waals surface area (Å²) in [5.41, 5.74) is 4.98. The number of aliphatic hydroxyl groups is 1. The molecule has 0 bridgehead atoms. The van der Waals surface area contributed by atoms with Gasteiger partial charge in [-0.3, -0.25) is 0 Å². The summed E-state index contributed by atoms with van der Waals surface area (Å²) in [6.07, 6.45) is 0.722. The van der Waals surface area contributed by atoms with E-state index in [1.165, 1.54) is 0 Å². The minimum absolute atomic E-state index is 0. The van der Waals surface area contributed by atoms with E-state index in [0.717, 1.165) is 6.42 Å². The van der Waals surface area contributed by atoms with Crippen molar-refractivity contribution in [1.82, 2.24) is 6.15 Å². The highest BCUT2D eigenvalue weighted by atomic mass is 79.9. The Labute approximate surface area is 70.8 Å². The molecule has 0 aromatic rings. The third-order valence-electron chi connectivity index (χ3n) is 0.362. The SMILES string of the molecule is Br.Br.N.NCCCO. The lowest BCUT2D eigenvalue weighted by Gasteiger charge is -1.80. The van der Waals surface area contributed by atoms with Crippen LogP contribution in [-0.4, -0.2) is 18.3 Å². The fourth-order valence-electron chi connectivity index (χ4n) is 0.0913. The average molecular weight is 254 g/mol. The van der Waals surface area contributed by atoms with Crippen LogP contribution in [0.5, 0.6) is 0 Å². The quantitative estimate of drug-likeness (QED) is 0.676. The molecule has 6 N–H and O–H groups in total. The standard InChI is InChI=1S/C3H9NO.2BrH.H3N/c4-2-1-3-5;;;/h5H,1-4H2;2*1H;1H3. The van der Waals surface area contributed by atoms with Crippen molar-refractivity contribution < 1.29 is 5.11 Å². The highest BCUT2D eigenvalue weighted by Gasteiger charge is 1.69. The van der Waals surface area contributed by atoms with Gasteiger partial charge in [-0.15, -0.1) is 34.0 Å². The van der Waals surface area contributed by atoms with Crippen LogP contribution in [0.4, 0.5) is 0 Å². The number of nitrogens with two attached hydrogens (primary N) is 1. The Morgan fingerprint density at radius 2 is 1.62 bits per heavy atom. The molecule has 0 aliphatic carbocycles. The minimum atomic E-state index is 0. The predicted octanol–water partition coefficient (Wildman–Crippen LogP) is 0.645. The van der Waals surface area contributed by atoms with Crippen molar-refractivity contribution in [3.63, 3.8) is 0 Å². The van der Waals surface area contributed by atoms with Crippen LogP contribution in [-0.2, 0) is 0 Å². The van der Waals surface area contributed by atoms with Gasteiger partial charge in [0, 0.05) is 6.61 Å². The van der Waals surface area contributed by atoms with Crippen molar-refractivity contribution in [2.75, 3.05) is 13.2 Å². The first-order chi connectivity index (χ1) is 2.41. The first-order valence-corrected chi connectivity index (χ1v) is 1.72. The van der Waals surface area contributed by atoms with Gasteiger partial charge in [0.15, 0.2) is 0 Å². The normalized spacial score (nSPS) is 5.25. The van der Waals surface area contributed by atoms with E-state index in [4.69, 9.17) is 10.8 Å². The van der Waals surface area contributed by atoms with Crippen molar-refractivity contribution in [3.05, 3.63) is 0 Å². The van der Waals surface area contributed by atoms with Crippen molar-refractivity contribution in [2.45, 2.75) is 6.42 Å². The zero-order chi connectivity index (χ0) is 4.12. The van der Waals surface area contributed by atoms with Crippen molar-refractivity contribution in [2.24, 2.45) is 5.73 Å². The Hall–Kier alpha value is 0.840. The van der Waals surface area contributed by atoms with E-state index in [1.54, 1.807) is 0 Å². The second-order valence-corrected chi connectivity index (χ2v) is 0.866. The van der Waals surface area contributed by atoms with E-state index in [9.17, 15) is 0 Å². The maximum Gasteiger partial charge on any atom is 0.0443 e. The summed E-state index contributed by atoms with van der Waals surface area (Å²) in [7, 11) is 0. The van der Waals surface area contributed by atoms with Crippen LogP contribution >= 0.6 is 34.0 Å². The third-order valence-corrected chi connectivity index (χ3v) is 0.362. The summed E-state index contributed by atoms with van der Waals surface area (Å²) in [6, 6.07) is 0. The molecule has 0 saturated carbocycles. The maximum absolute atomic E-state index is 7.99. The fourth-order valence-corrected chi connectivity index (χ4v) is 0.0913. The van der Waals surface area contributed by atoms with Gasteiger partial charge in [0.1, 0.15) is 0 Å². The predicted molar refractivity (Wildman–Crippen MR) is 46.4 cm³/mol. The minimum Gasteiger partial charge on any atom is -0.396 e. The van der Waals surface area contributed by atoms with Gasteiger partial charge >= 0.3 is 0 Å². The van der Waals surface area contributed by atoms with Gasteiger partial charge in [0.2, 0.25) is 0 Å². The Balaban J connectivity index is -0.0000000267. The summed E-state index contributed by atoms with van der Waals surface area (Å²) >= 11 is 0. The van der Waals surface area contributed by atoms with E-state index in [-0.39, 0.29) is 46.7 Å². The Bertz CT molecular complexity index is 22.8. The average Bonchev–Trinajstić information content (AvgIpc) is 1.41. The Morgan fingerprint density at radius 3 is 1.62 bits per heavy atom. The van der Waals surface area contributed by atoms with Crippen LogP contribution in [0.3, 0.4) is 0 Å². The molecule has 0 amide bonds. The highest BCUT2D eigenvalue weighted by molar-refractivity contribution is 8.93. The molecule has 0 fully saturated rings. The smallest absolute Gasteiger partial charge is 0.0443 e. The van der Waals surface area contributed by atoms with E-state index in [1.807, 2.05) is 0 Å². The largest absolute Gasteiger partial charge is 0.396 e. The number of halogens is 2. The van der Waals surface area contributed by atoms with Gasteiger partial charge in [0.05, 0.1) is 0 Å². The van der Waals surface area contributed by atoms with Crippen LogP contribution in [0.2, 0.25) is 0 Å². The summed E-state index contributed by atoms with van der Waals surface area (Å²) in [5.74, 6) is 0. The second kappa shape index (κ2) is 24.9. The van der Waals surface area contributed by atoms with Crippen LogP contribution < -0.4 is 11.9 Å². The van der Waals surface area contributed by atoms with Gasteiger partial charge in [-0.25, -0.2) is 0 Å².